The molecule has 1 fully saturated rings. The molecule has 1 aliphatic heterocycles. The number of aromatic nitrogens is 3. The number of para-hydroxylation sites is 1. The molecule has 4 heteroatoms. The number of fused-ring (bicyclic) bond motifs is 1. The molecule has 23 heavy (non-hydrogen) atoms. The number of piperidine rings is 1. The lowest BCUT2D eigenvalue weighted by Gasteiger charge is -2.31. The van der Waals surface area contributed by atoms with Gasteiger partial charge in [-0.25, -0.2) is 0 Å². The van der Waals surface area contributed by atoms with E-state index in [0.29, 0.717) is 5.92 Å². The largest absolute Gasteiger partial charge is 0.299 e. The van der Waals surface area contributed by atoms with Gasteiger partial charge in [-0.2, -0.15) is 5.10 Å². The summed E-state index contributed by atoms with van der Waals surface area (Å²) in [5.41, 5.74) is 3.87. The lowest BCUT2D eigenvalue weighted by Crippen LogP contribution is -2.32. The maximum absolute atomic E-state index is 4.57. The molecule has 1 saturated heterocycles. The molecule has 3 heterocycles. The van der Waals surface area contributed by atoms with Gasteiger partial charge in [0.25, 0.3) is 0 Å². The quantitative estimate of drug-likeness (QED) is 0.744. The van der Waals surface area contributed by atoms with Crippen LogP contribution >= 0.6 is 0 Å². The zero-order valence-corrected chi connectivity index (χ0v) is 13.5. The molecule has 4 nitrogen and oxygen atoms in total. The topological polar surface area (TPSA) is 34.0 Å². The highest BCUT2D eigenvalue weighted by Gasteiger charge is 2.22. The summed E-state index contributed by atoms with van der Waals surface area (Å²) < 4.78 is 1.91. The van der Waals surface area contributed by atoms with Gasteiger partial charge in [-0.1, -0.05) is 24.3 Å². The van der Waals surface area contributed by atoms with Crippen LogP contribution in [-0.4, -0.2) is 32.8 Å². The highest BCUT2D eigenvalue weighted by Crippen LogP contribution is 2.28. The van der Waals surface area contributed by atoms with Crippen LogP contribution in [0, 0.1) is 0 Å². The van der Waals surface area contributed by atoms with Gasteiger partial charge in [0.05, 0.1) is 11.7 Å². The third-order valence-electron chi connectivity index (χ3n) is 4.89. The summed E-state index contributed by atoms with van der Waals surface area (Å²) in [7, 11) is 1.99. The van der Waals surface area contributed by atoms with Crippen molar-refractivity contribution in [3.8, 4) is 0 Å². The first-order chi connectivity index (χ1) is 11.3. The van der Waals surface area contributed by atoms with Crippen LogP contribution < -0.4 is 0 Å². The monoisotopic (exact) mass is 306 g/mol. The van der Waals surface area contributed by atoms with Gasteiger partial charge < -0.3 is 0 Å². The number of aryl methyl sites for hydroxylation is 1. The first-order valence-electron chi connectivity index (χ1n) is 8.33. The van der Waals surface area contributed by atoms with Crippen LogP contribution in [0.15, 0.2) is 48.9 Å². The Bertz CT molecular complexity index is 794. The highest BCUT2D eigenvalue weighted by molar-refractivity contribution is 5.81. The standard InChI is InChI=1S/C19H22N4/c1-22-13-18(12-21-22)15-7-10-23(11-8-15)14-17-5-2-4-16-6-3-9-20-19(16)17/h2-6,9,12-13,15H,7-8,10-11,14H2,1H3. The number of rotatable bonds is 3. The summed E-state index contributed by atoms with van der Waals surface area (Å²) >= 11 is 0. The molecule has 118 valence electrons. The Morgan fingerprint density at radius 2 is 1.96 bits per heavy atom. The average Bonchev–Trinajstić information content (AvgIpc) is 3.02. The number of nitrogens with zero attached hydrogens (tertiary/aromatic N) is 4. The molecular formula is C19H22N4. The van der Waals surface area contributed by atoms with Gasteiger partial charge in [-0.3, -0.25) is 14.6 Å². The molecule has 0 spiro atoms. The second kappa shape index (κ2) is 6.13. The van der Waals surface area contributed by atoms with E-state index in [1.807, 2.05) is 30.2 Å². The van der Waals surface area contributed by atoms with Crippen molar-refractivity contribution in [2.45, 2.75) is 25.3 Å². The Morgan fingerprint density at radius 1 is 1.13 bits per heavy atom. The van der Waals surface area contributed by atoms with Gasteiger partial charge in [0.2, 0.25) is 0 Å². The van der Waals surface area contributed by atoms with E-state index in [4.69, 9.17) is 0 Å². The summed E-state index contributed by atoms with van der Waals surface area (Å²) in [6.45, 7) is 3.28. The van der Waals surface area contributed by atoms with Crippen molar-refractivity contribution in [3.63, 3.8) is 0 Å². The molecule has 4 rings (SSSR count). The summed E-state index contributed by atoms with van der Waals surface area (Å²) in [5, 5.41) is 5.54. The van der Waals surface area contributed by atoms with Crippen molar-refractivity contribution in [1.82, 2.24) is 19.7 Å². The smallest absolute Gasteiger partial charge is 0.0746 e. The van der Waals surface area contributed by atoms with E-state index in [9.17, 15) is 0 Å². The average molecular weight is 306 g/mol. The summed E-state index contributed by atoms with van der Waals surface area (Å²) in [6.07, 6.45) is 8.50. The molecular weight excluding hydrogens is 284 g/mol. The first-order valence-corrected chi connectivity index (χ1v) is 8.33. The molecule has 0 atom stereocenters. The Kier molecular flexibility index (Phi) is 3.83. The van der Waals surface area contributed by atoms with Crippen molar-refractivity contribution in [2.24, 2.45) is 7.05 Å². The Morgan fingerprint density at radius 3 is 2.74 bits per heavy atom. The number of hydrogen-bond acceptors (Lipinski definition) is 3. The predicted octanol–water partition coefficient (Wildman–Crippen LogP) is 3.35. The van der Waals surface area contributed by atoms with E-state index in [1.54, 1.807) is 0 Å². The van der Waals surface area contributed by atoms with Crippen LogP contribution in [0.4, 0.5) is 0 Å². The minimum Gasteiger partial charge on any atom is -0.299 e. The summed E-state index contributed by atoms with van der Waals surface area (Å²) in [5.74, 6) is 0.658. The zero-order chi connectivity index (χ0) is 15.6. The van der Waals surface area contributed by atoms with Crippen molar-refractivity contribution in [1.29, 1.82) is 0 Å². The van der Waals surface area contributed by atoms with E-state index < -0.39 is 0 Å². The molecule has 0 amide bonds. The molecule has 3 aromatic rings. The third-order valence-corrected chi connectivity index (χ3v) is 4.89. The van der Waals surface area contributed by atoms with Crippen molar-refractivity contribution in [3.05, 3.63) is 60.0 Å². The Balaban J connectivity index is 1.44. The number of likely N-dealkylation sites (tertiary alicyclic amines) is 1. The van der Waals surface area contributed by atoms with Crippen LogP contribution in [0.2, 0.25) is 0 Å². The van der Waals surface area contributed by atoms with E-state index in [2.05, 4.69) is 45.4 Å². The Hall–Kier alpha value is -2.20. The summed E-state index contributed by atoms with van der Waals surface area (Å²) in [6, 6.07) is 10.6. The number of hydrogen-bond donors (Lipinski definition) is 0. The molecule has 0 bridgehead atoms. The van der Waals surface area contributed by atoms with Crippen LogP contribution in [0.3, 0.4) is 0 Å². The first kappa shape index (κ1) is 14.4. The molecule has 0 unspecified atom stereocenters. The van der Waals surface area contributed by atoms with Gasteiger partial charge in [-0.05, 0) is 49.0 Å². The number of pyridine rings is 1. The van der Waals surface area contributed by atoms with E-state index in [0.717, 1.165) is 25.2 Å². The molecule has 2 aromatic heterocycles. The lowest BCUT2D eigenvalue weighted by atomic mass is 9.91. The van der Waals surface area contributed by atoms with E-state index >= 15 is 0 Å². The SMILES string of the molecule is Cn1cc(C2CCN(Cc3cccc4cccnc34)CC2)cn1. The van der Waals surface area contributed by atoms with Crippen molar-refractivity contribution in [2.75, 3.05) is 13.1 Å². The van der Waals surface area contributed by atoms with Crippen molar-refractivity contribution >= 4 is 10.9 Å². The van der Waals surface area contributed by atoms with Gasteiger partial charge in [0.15, 0.2) is 0 Å². The lowest BCUT2D eigenvalue weighted by molar-refractivity contribution is 0.205. The second-order valence-electron chi connectivity index (χ2n) is 6.49. The predicted molar refractivity (Wildman–Crippen MR) is 92.2 cm³/mol. The summed E-state index contributed by atoms with van der Waals surface area (Å²) in [4.78, 5) is 7.13. The minimum atomic E-state index is 0.658. The van der Waals surface area contributed by atoms with Gasteiger partial charge in [0.1, 0.15) is 0 Å². The van der Waals surface area contributed by atoms with E-state index in [1.165, 1.54) is 29.4 Å². The van der Waals surface area contributed by atoms with Crippen molar-refractivity contribution < 1.29 is 0 Å². The number of benzene rings is 1. The fraction of sp³-hybridized carbons (Fsp3) is 0.368. The minimum absolute atomic E-state index is 0.658. The highest BCUT2D eigenvalue weighted by atomic mass is 15.2. The third kappa shape index (κ3) is 2.99. The molecule has 0 N–H and O–H groups in total. The molecule has 0 radical (unpaired) electrons. The molecule has 0 saturated carbocycles. The molecule has 0 aliphatic carbocycles. The normalized spacial score (nSPS) is 16.9. The van der Waals surface area contributed by atoms with Gasteiger partial charge in [0, 0.05) is 31.4 Å². The van der Waals surface area contributed by atoms with Crippen LogP contribution in [0.1, 0.15) is 29.9 Å². The molecule has 1 aromatic carbocycles. The Labute approximate surface area is 136 Å². The van der Waals surface area contributed by atoms with E-state index in [-0.39, 0.29) is 0 Å². The fourth-order valence-electron chi connectivity index (χ4n) is 3.61. The van der Waals surface area contributed by atoms with Crippen LogP contribution in [-0.2, 0) is 13.6 Å². The molecule has 1 aliphatic rings. The van der Waals surface area contributed by atoms with Crippen LogP contribution in [0.25, 0.3) is 10.9 Å². The van der Waals surface area contributed by atoms with Gasteiger partial charge >= 0.3 is 0 Å². The second-order valence-corrected chi connectivity index (χ2v) is 6.49. The fourth-order valence-corrected chi connectivity index (χ4v) is 3.61. The van der Waals surface area contributed by atoms with Gasteiger partial charge in [-0.15, -0.1) is 0 Å². The van der Waals surface area contributed by atoms with Crippen LogP contribution in [0.5, 0.6) is 0 Å². The maximum Gasteiger partial charge on any atom is 0.0746 e. The maximum atomic E-state index is 4.57. The zero-order valence-electron chi connectivity index (χ0n) is 13.5.